The number of ether oxygens (including phenoxy) is 2. The number of aromatic nitrogens is 3. The molecule has 2 aliphatic heterocycles. The molecule has 0 atom stereocenters. The van der Waals surface area contributed by atoms with Crippen LogP contribution in [-0.4, -0.2) is 96.6 Å². The Morgan fingerprint density at radius 3 is 2.40 bits per heavy atom. The van der Waals surface area contributed by atoms with Gasteiger partial charge in [-0.05, 0) is 44.9 Å². The van der Waals surface area contributed by atoms with Crippen LogP contribution in [0.2, 0.25) is 0 Å². The van der Waals surface area contributed by atoms with Gasteiger partial charge in [-0.1, -0.05) is 11.3 Å². The molecule has 2 aromatic heterocycles. The molecule has 1 N–H and O–H groups in total. The first-order chi connectivity index (χ1) is 19.1. The lowest BCUT2D eigenvalue weighted by atomic mass is 10.0. The molecule has 3 aromatic rings. The number of sulfonamides is 1. The number of methoxy groups -OCH3 is 1. The van der Waals surface area contributed by atoms with Crippen LogP contribution in [0, 0.1) is 0 Å². The standard InChI is InChI=1S/C27H38N6O5S2/c1-27(2,34)9-4-16-40(35,36)33-14-12-31(13-15-33)20-5-6-23-24(17-20)39-26(30-23)38-21-7-10-32(11-8-21)25-28-18-22(37-3)19-29-25/h5-6,17-19,21,34H,4,7-16H2,1-3H3. The fraction of sp³-hybridized carbons (Fsp3) is 0.593. The number of aliphatic hydroxyl groups is 1. The summed E-state index contributed by atoms with van der Waals surface area (Å²) in [4.78, 5) is 17.9. The van der Waals surface area contributed by atoms with Crippen LogP contribution < -0.4 is 19.3 Å². The van der Waals surface area contributed by atoms with Crippen LogP contribution in [0.25, 0.3) is 10.2 Å². The van der Waals surface area contributed by atoms with Crippen molar-refractivity contribution in [3.63, 3.8) is 0 Å². The Labute approximate surface area is 239 Å². The molecule has 0 amide bonds. The Morgan fingerprint density at radius 1 is 1.05 bits per heavy atom. The number of fused-ring (bicyclic) bond motifs is 1. The van der Waals surface area contributed by atoms with Gasteiger partial charge < -0.3 is 24.4 Å². The summed E-state index contributed by atoms with van der Waals surface area (Å²) in [5.74, 6) is 1.42. The van der Waals surface area contributed by atoms with Crippen LogP contribution in [0.1, 0.15) is 39.5 Å². The predicted octanol–water partition coefficient (Wildman–Crippen LogP) is 3.15. The van der Waals surface area contributed by atoms with Crippen molar-refractivity contribution in [3.8, 4) is 10.9 Å². The van der Waals surface area contributed by atoms with E-state index in [1.165, 1.54) is 0 Å². The van der Waals surface area contributed by atoms with Gasteiger partial charge in [0.05, 0.1) is 41.1 Å². The van der Waals surface area contributed by atoms with Crippen molar-refractivity contribution in [2.45, 2.75) is 51.2 Å². The van der Waals surface area contributed by atoms with Crippen molar-refractivity contribution in [2.24, 2.45) is 0 Å². The summed E-state index contributed by atoms with van der Waals surface area (Å²) in [6.07, 6.45) is 6.10. The average molecular weight is 591 g/mol. The number of hydrogen-bond acceptors (Lipinski definition) is 11. The van der Waals surface area contributed by atoms with E-state index >= 15 is 0 Å². The molecule has 2 saturated heterocycles. The molecule has 11 nitrogen and oxygen atoms in total. The lowest BCUT2D eigenvalue weighted by Crippen LogP contribution is -2.49. The molecule has 0 aliphatic carbocycles. The van der Waals surface area contributed by atoms with Crippen LogP contribution in [0.3, 0.4) is 0 Å². The average Bonchev–Trinajstić information content (AvgIpc) is 3.34. The summed E-state index contributed by atoms with van der Waals surface area (Å²) in [5.41, 5.74) is 1.12. The zero-order valence-electron chi connectivity index (χ0n) is 23.3. The molecule has 2 aliphatic rings. The maximum atomic E-state index is 12.8. The van der Waals surface area contributed by atoms with E-state index in [1.54, 1.807) is 49.0 Å². The summed E-state index contributed by atoms with van der Waals surface area (Å²) in [6.45, 7) is 7.22. The second kappa shape index (κ2) is 12.0. The molecule has 2 fully saturated rings. The minimum absolute atomic E-state index is 0.0703. The Morgan fingerprint density at radius 2 is 1.75 bits per heavy atom. The van der Waals surface area contributed by atoms with Gasteiger partial charge in [-0.3, -0.25) is 0 Å². The normalized spacial score (nSPS) is 17.9. The third-order valence-corrected chi connectivity index (χ3v) is 10.2. The van der Waals surface area contributed by atoms with Gasteiger partial charge in [0, 0.05) is 57.8 Å². The first kappa shape index (κ1) is 28.8. The number of anilines is 2. The van der Waals surface area contributed by atoms with Crippen molar-refractivity contribution < 1.29 is 23.0 Å². The minimum atomic E-state index is -3.32. The van der Waals surface area contributed by atoms with Gasteiger partial charge in [0.2, 0.25) is 16.0 Å². The maximum Gasteiger partial charge on any atom is 0.274 e. The molecule has 0 bridgehead atoms. The fourth-order valence-corrected chi connectivity index (χ4v) is 7.48. The van der Waals surface area contributed by atoms with E-state index < -0.39 is 15.6 Å². The van der Waals surface area contributed by atoms with Crippen molar-refractivity contribution in [1.29, 1.82) is 0 Å². The monoisotopic (exact) mass is 590 g/mol. The van der Waals surface area contributed by atoms with E-state index in [-0.39, 0.29) is 11.9 Å². The highest BCUT2D eigenvalue weighted by Crippen LogP contribution is 2.33. The maximum absolute atomic E-state index is 12.8. The molecule has 1 aromatic carbocycles. The molecular weight excluding hydrogens is 552 g/mol. The molecule has 4 heterocycles. The molecule has 0 spiro atoms. The topological polar surface area (TPSA) is 121 Å². The highest BCUT2D eigenvalue weighted by Gasteiger charge is 2.28. The summed E-state index contributed by atoms with van der Waals surface area (Å²) < 4.78 is 39.6. The quantitative estimate of drug-likeness (QED) is 0.377. The number of thiazole rings is 1. The third-order valence-electron chi connectivity index (χ3n) is 7.38. The van der Waals surface area contributed by atoms with Crippen molar-refractivity contribution in [3.05, 3.63) is 30.6 Å². The van der Waals surface area contributed by atoms with Gasteiger partial charge in [0.1, 0.15) is 6.10 Å². The van der Waals surface area contributed by atoms with E-state index in [9.17, 15) is 13.5 Å². The van der Waals surface area contributed by atoms with Crippen LogP contribution in [0.4, 0.5) is 11.6 Å². The molecule has 5 rings (SSSR count). The summed E-state index contributed by atoms with van der Waals surface area (Å²) in [5, 5.41) is 10.5. The number of rotatable bonds is 10. The minimum Gasteiger partial charge on any atom is -0.494 e. The van der Waals surface area contributed by atoms with Crippen molar-refractivity contribution in [1.82, 2.24) is 19.3 Å². The van der Waals surface area contributed by atoms with E-state index in [1.807, 2.05) is 12.1 Å². The zero-order chi connectivity index (χ0) is 28.3. The second-order valence-electron chi connectivity index (χ2n) is 11.0. The van der Waals surface area contributed by atoms with Crippen molar-refractivity contribution in [2.75, 3.05) is 61.9 Å². The van der Waals surface area contributed by atoms with Gasteiger partial charge in [-0.2, -0.15) is 4.31 Å². The van der Waals surface area contributed by atoms with E-state index in [4.69, 9.17) is 14.5 Å². The highest BCUT2D eigenvalue weighted by molar-refractivity contribution is 7.89. The largest absolute Gasteiger partial charge is 0.494 e. The number of nitrogens with zero attached hydrogens (tertiary/aromatic N) is 6. The van der Waals surface area contributed by atoms with Crippen LogP contribution in [0.5, 0.6) is 10.9 Å². The van der Waals surface area contributed by atoms with Crippen LogP contribution in [-0.2, 0) is 10.0 Å². The number of hydrogen-bond donors (Lipinski definition) is 1. The molecule has 0 unspecified atom stereocenters. The second-order valence-corrected chi connectivity index (χ2v) is 14.1. The van der Waals surface area contributed by atoms with Gasteiger partial charge in [-0.25, -0.2) is 23.4 Å². The van der Waals surface area contributed by atoms with Gasteiger partial charge in [0.25, 0.3) is 5.19 Å². The SMILES string of the molecule is COc1cnc(N2CCC(Oc3nc4ccc(N5CCN(S(=O)(=O)CCCC(C)(C)O)CC5)cc4s3)CC2)nc1. The molecule has 218 valence electrons. The first-order valence-corrected chi connectivity index (χ1v) is 16.2. The smallest absolute Gasteiger partial charge is 0.274 e. The summed E-state index contributed by atoms with van der Waals surface area (Å²) in [6, 6.07) is 6.18. The summed E-state index contributed by atoms with van der Waals surface area (Å²) in [7, 11) is -1.72. The Hall–Kier alpha value is -2.74. The predicted molar refractivity (Wildman–Crippen MR) is 157 cm³/mol. The molecule has 40 heavy (non-hydrogen) atoms. The lowest BCUT2D eigenvalue weighted by Gasteiger charge is -2.35. The molecular formula is C27H38N6O5S2. The third kappa shape index (κ3) is 7.12. The van der Waals surface area contributed by atoms with Crippen molar-refractivity contribution >= 4 is 43.2 Å². The van der Waals surface area contributed by atoms with E-state index in [0.717, 1.165) is 41.8 Å². The van der Waals surface area contributed by atoms with Crippen LogP contribution >= 0.6 is 11.3 Å². The van der Waals surface area contributed by atoms with Gasteiger partial charge in [-0.15, -0.1) is 0 Å². The van der Waals surface area contributed by atoms with E-state index in [0.29, 0.717) is 55.9 Å². The van der Waals surface area contributed by atoms with Gasteiger partial charge >= 0.3 is 0 Å². The fourth-order valence-electron chi connectivity index (χ4n) is 5.07. The Balaban J connectivity index is 1.13. The number of piperidine rings is 1. The lowest BCUT2D eigenvalue weighted by molar-refractivity contribution is 0.0704. The Kier molecular flexibility index (Phi) is 8.64. The van der Waals surface area contributed by atoms with Gasteiger partial charge in [0.15, 0.2) is 5.75 Å². The molecule has 0 radical (unpaired) electrons. The first-order valence-electron chi connectivity index (χ1n) is 13.7. The number of piperazine rings is 1. The highest BCUT2D eigenvalue weighted by atomic mass is 32.2. The molecule has 0 saturated carbocycles. The summed E-state index contributed by atoms with van der Waals surface area (Å²) >= 11 is 1.55. The zero-order valence-corrected chi connectivity index (χ0v) is 25.0. The number of benzene rings is 1. The molecule has 13 heteroatoms. The van der Waals surface area contributed by atoms with Crippen LogP contribution in [0.15, 0.2) is 30.6 Å². The van der Waals surface area contributed by atoms with E-state index in [2.05, 4.69) is 25.8 Å². The Bertz CT molecular complexity index is 1380.